The van der Waals surface area contributed by atoms with Crippen LogP contribution in [-0.2, 0) is 0 Å². The molecule has 0 amide bonds. The Morgan fingerprint density at radius 2 is 2.30 bits per heavy atom. The van der Waals surface area contributed by atoms with Crippen molar-refractivity contribution in [3.63, 3.8) is 0 Å². The minimum Gasteiger partial charge on any atom is -0.497 e. The van der Waals surface area contributed by atoms with Crippen LogP contribution in [0, 0.1) is 0 Å². The number of nitrogens with one attached hydrogen (secondary N) is 2. The molecule has 1 heterocycles. The minimum atomic E-state index is 0.632. The number of hydrogen-bond donors (Lipinski definition) is 2. The molecule has 122 valence electrons. The highest BCUT2D eigenvalue weighted by Crippen LogP contribution is 2.29. The molecule has 1 aliphatic carbocycles. The van der Waals surface area contributed by atoms with Crippen molar-refractivity contribution in [3.05, 3.63) is 29.8 Å². The lowest BCUT2D eigenvalue weighted by Gasteiger charge is -2.13. The molecule has 0 saturated carbocycles. The Bertz CT molecular complexity index is 724. The first-order valence-electron chi connectivity index (χ1n) is 7.92. The first-order chi connectivity index (χ1) is 11.2. The lowest BCUT2D eigenvalue weighted by atomic mass is 9.97. The molecule has 0 saturated heterocycles. The highest BCUT2D eigenvalue weighted by molar-refractivity contribution is 7.80. The van der Waals surface area contributed by atoms with Gasteiger partial charge < -0.3 is 15.4 Å². The quantitative estimate of drug-likeness (QED) is 0.617. The molecule has 2 aromatic rings. The Hall–Kier alpha value is -1.66. The second-order valence-corrected chi connectivity index (χ2v) is 7.03. The van der Waals surface area contributed by atoms with Gasteiger partial charge in [0, 0.05) is 6.54 Å². The number of benzene rings is 1. The van der Waals surface area contributed by atoms with Gasteiger partial charge in [0.2, 0.25) is 0 Å². The van der Waals surface area contributed by atoms with Crippen molar-refractivity contribution in [2.45, 2.75) is 32.1 Å². The van der Waals surface area contributed by atoms with Crippen molar-refractivity contribution < 1.29 is 4.74 Å². The second kappa shape index (κ2) is 7.75. The number of thiocarbonyl (C=S) groups is 1. The summed E-state index contributed by atoms with van der Waals surface area (Å²) in [7, 11) is 1.67. The topological polar surface area (TPSA) is 46.2 Å². The smallest absolute Gasteiger partial charge is 0.190 e. The predicted octanol–water partition coefficient (Wildman–Crippen LogP) is 4.48. The fourth-order valence-corrected chi connectivity index (χ4v) is 3.86. The Labute approximate surface area is 145 Å². The minimum absolute atomic E-state index is 0.632. The monoisotopic (exact) mass is 347 g/mol. The lowest BCUT2D eigenvalue weighted by molar-refractivity contribution is 0.415. The third-order valence-corrected chi connectivity index (χ3v) is 5.11. The van der Waals surface area contributed by atoms with Crippen LogP contribution < -0.4 is 15.4 Å². The average Bonchev–Trinajstić information content (AvgIpc) is 2.96. The van der Waals surface area contributed by atoms with Crippen LogP contribution in [0.2, 0.25) is 0 Å². The van der Waals surface area contributed by atoms with E-state index in [0.717, 1.165) is 34.1 Å². The van der Waals surface area contributed by atoms with Crippen molar-refractivity contribution in [2.75, 3.05) is 19.0 Å². The number of methoxy groups -OCH3 is 1. The number of hydrogen-bond acceptors (Lipinski definition) is 4. The molecule has 23 heavy (non-hydrogen) atoms. The number of anilines is 1. The number of nitrogens with zero attached hydrogens (tertiary/aromatic N) is 1. The Kier molecular flexibility index (Phi) is 5.46. The van der Waals surface area contributed by atoms with Crippen LogP contribution in [0.4, 0.5) is 5.13 Å². The molecule has 0 radical (unpaired) electrons. The van der Waals surface area contributed by atoms with Crippen LogP contribution in [0.15, 0.2) is 29.8 Å². The molecule has 1 aliphatic rings. The summed E-state index contributed by atoms with van der Waals surface area (Å²) in [6, 6.07) is 5.87. The summed E-state index contributed by atoms with van der Waals surface area (Å²) in [5.41, 5.74) is 2.51. The summed E-state index contributed by atoms with van der Waals surface area (Å²) >= 11 is 6.93. The van der Waals surface area contributed by atoms with Gasteiger partial charge in [-0.15, -0.1) is 0 Å². The number of aromatic nitrogens is 1. The van der Waals surface area contributed by atoms with Gasteiger partial charge in [-0.3, -0.25) is 0 Å². The molecule has 6 heteroatoms. The van der Waals surface area contributed by atoms with Gasteiger partial charge in [-0.25, -0.2) is 4.98 Å². The van der Waals surface area contributed by atoms with Crippen LogP contribution in [0.1, 0.15) is 32.1 Å². The molecule has 0 bridgehead atoms. The summed E-state index contributed by atoms with van der Waals surface area (Å²) in [6.07, 6.45) is 8.57. The van der Waals surface area contributed by atoms with Crippen LogP contribution in [0.5, 0.6) is 5.75 Å². The van der Waals surface area contributed by atoms with Crippen LogP contribution >= 0.6 is 23.6 Å². The van der Waals surface area contributed by atoms with Gasteiger partial charge >= 0.3 is 0 Å². The first-order valence-corrected chi connectivity index (χ1v) is 9.14. The summed E-state index contributed by atoms with van der Waals surface area (Å²) in [6.45, 7) is 0.871. The zero-order valence-electron chi connectivity index (χ0n) is 13.2. The van der Waals surface area contributed by atoms with Gasteiger partial charge in [-0.05, 0) is 62.5 Å². The van der Waals surface area contributed by atoms with E-state index in [1.807, 2.05) is 18.2 Å². The zero-order valence-corrected chi connectivity index (χ0v) is 14.9. The van der Waals surface area contributed by atoms with Gasteiger partial charge in [-0.2, -0.15) is 0 Å². The summed E-state index contributed by atoms with van der Waals surface area (Å²) in [5, 5.41) is 7.88. The van der Waals surface area contributed by atoms with E-state index in [9.17, 15) is 0 Å². The highest BCUT2D eigenvalue weighted by atomic mass is 32.1. The average molecular weight is 348 g/mol. The van der Waals surface area contributed by atoms with Gasteiger partial charge in [0.1, 0.15) is 5.75 Å². The van der Waals surface area contributed by atoms with E-state index in [4.69, 9.17) is 17.0 Å². The normalized spacial score (nSPS) is 14.4. The molecule has 1 aromatic heterocycles. The Balaban J connectivity index is 1.52. The molecular formula is C17H21N3OS2. The molecular weight excluding hydrogens is 326 g/mol. The Morgan fingerprint density at radius 1 is 1.39 bits per heavy atom. The number of fused-ring (bicyclic) bond motifs is 1. The van der Waals surface area contributed by atoms with E-state index in [0.29, 0.717) is 5.11 Å². The second-order valence-electron chi connectivity index (χ2n) is 5.59. The molecule has 2 N–H and O–H groups in total. The van der Waals surface area contributed by atoms with Crippen LogP contribution in [-0.4, -0.2) is 23.8 Å². The molecule has 1 aromatic carbocycles. The van der Waals surface area contributed by atoms with Crippen molar-refractivity contribution >= 4 is 44.0 Å². The van der Waals surface area contributed by atoms with Gasteiger partial charge in [-0.1, -0.05) is 23.0 Å². The first kappa shape index (κ1) is 16.2. The summed E-state index contributed by atoms with van der Waals surface area (Å²) in [5.74, 6) is 0.842. The maximum absolute atomic E-state index is 5.36. The van der Waals surface area contributed by atoms with Crippen LogP contribution in [0.3, 0.4) is 0 Å². The fraction of sp³-hybridized carbons (Fsp3) is 0.412. The summed E-state index contributed by atoms with van der Waals surface area (Å²) in [4.78, 5) is 4.54. The number of thiazole rings is 1. The van der Waals surface area contributed by atoms with Crippen molar-refractivity contribution in [3.8, 4) is 5.75 Å². The van der Waals surface area contributed by atoms with Gasteiger partial charge in [0.15, 0.2) is 10.2 Å². The molecule has 0 aliphatic heterocycles. The third kappa shape index (κ3) is 4.42. The molecule has 0 fully saturated rings. The molecule has 0 unspecified atom stereocenters. The van der Waals surface area contributed by atoms with E-state index in [2.05, 4.69) is 21.7 Å². The van der Waals surface area contributed by atoms with Crippen molar-refractivity contribution in [1.29, 1.82) is 0 Å². The molecule has 3 rings (SSSR count). The zero-order chi connectivity index (χ0) is 16.1. The van der Waals surface area contributed by atoms with Crippen molar-refractivity contribution in [1.82, 2.24) is 10.3 Å². The SMILES string of the molecule is COc1ccc2nc(NC(=S)NCCC3=CCCCC3)sc2c1. The van der Waals surface area contributed by atoms with E-state index < -0.39 is 0 Å². The number of rotatable bonds is 5. The largest absolute Gasteiger partial charge is 0.497 e. The third-order valence-electron chi connectivity index (χ3n) is 3.93. The van der Waals surface area contributed by atoms with Gasteiger partial charge in [0.05, 0.1) is 17.3 Å². The van der Waals surface area contributed by atoms with E-state index >= 15 is 0 Å². The summed E-state index contributed by atoms with van der Waals surface area (Å²) < 4.78 is 6.32. The Morgan fingerprint density at radius 3 is 3.09 bits per heavy atom. The number of allylic oxidation sites excluding steroid dienone is 1. The molecule has 4 nitrogen and oxygen atoms in total. The van der Waals surface area contributed by atoms with E-state index in [1.165, 1.54) is 25.7 Å². The molecule has 0 atom stereocenters. The highest BCUT2D eigenvalue weighted by Gasteiger charge is 2.07. The maximum atomic E-state index is 5.36. The lowest BCUT2D eigenvalue weighted by Crippen LogP contribution is -2.29. The maximum Gasteiger partial charge on any atom is 0.190 e. The number of ether oxygens (including phenoxy) is 1. The van der Waals surface area contributed by atoms with Crippen molar-refractivity contribution in [2.24, 2.45) is 0 Å². The van der Waals surface area contributed by atoms with E-state index in [1.54, 1.807) is 24.0 Å². The predicted molar refractivity (Wildman–Crippen MR) is 102 cm³/mol. The van der Waals surface area contributed by atoms with Gasteiger partial charge in [0.25, 0.3) is 0 Å². The van der Waals surface area contributed by atoms with Crippen LogP contribution in [0.25, 0.3) is 10.2 Å². The molecule has 0 spiro atoms. The fourth-order valence-electron chi connectivity index (χ4n) is 2.69. The van der Waals surface area contributed by atoms with E-state index in [-0.39, 0.29) is 0 Å². The standard InChI is InChI=1S/C17H21N3OS2/c1-21-13-7-8-14-15(11-13)23-17(19-14)20-16(22)18-10-9-12-5-3-2-4-6-12/h5,7-8,11H,2-4,6,9-10H2,1H3,(H2,18,19,20,22).